The van der Waals surface area contributed by atoms with Gasteiger partial charge < -0.3 is 5.32 Å². The molecule has 17 heavy (non-hydrogen) atoms. The minimum Gasteiger partial charge on any atom is -0.335 e. The lowest BCUT2D eigenvalue weighted by Gasteiger charge is -2.20. The van der Waals surface area contributed by atoms with Gasteiger partial charge in [0.2, 0.25) is 0 Å². The van der Waals surface area contributed by atoms with Crippen molar-refractivity contribution < 1.29 is 0 Å². The van der Waals surface area contributed by atoms with Gasteiger partial charge in [0.1, 0.15) is 0 Å². The van der Waals surface area contributed by atoms with E-state index in [4.69, 9.17) is 4.99 Å². The molecule has 0 saturated carbocycles. The predicted molar refractivity (Wildman–Crippen MR) is 78.1 cm³/mol. The van der Waals surface area contributed by atoms with E-state index >= 15 is 0 Å². The Morgan fingerprint density at radius 1 is 1.41 bits per heavy atom. The highest BCUT2D eigenvalue weighted by Crippen LogP contribution is 2.23. The van der Waals surface area contributed by atoms with Gasteiger partial charge >= 0.3 is 0 Å². The smallest absolute Gasteiger partial charge is 0.161 e. The van der Waals surface area contributed by atoms with Crippen LogP contribution in [0.2, 0.25) is 0 Å². The first-order chi connectivity index (χ1) is 8.19. The van der Waals surface area contributed by atoms with E-state index in [2.05, 4.69) is 44.3 Å². The van der Waals surface area contributed by atoms with E-state index in [0.717, 1.165) is 11.6 Å². The van der Waals surface area contributed by atoms with E-state index in [1.165, 1.54) is 29.0 Å². The first-order valence-electron chi connectivity index (χ1n) is 6.24. The highest BCUT2D eigenvalue weighted by Gasteiger charge is 2.14. The van der Waals surface area contributed by atoms with Crippen molar-refractivity contribution >= 4 is 22.6 Å². The van der Waals surface area contributed by atoms with E-state index in [-0.39, 0.29) is 0 Å². The number of thioether (sulfide) groups is 1. The summed E-state index contributed by atoms with van der Waals surface area (Å²) in [5, 5.41) is 4.55. The SMILES string of the molecule is CCC1CCSC(Nc2cc(C)ccc2C)=N1. The van der Waals surface area contributed by atoms with E-state index in [1.54, 1.807) is 0 Å². The summed E-state index contributed by atoms with van der Waals surface area (Å²) in [6.45, 7) is 6.46. The molecule has 1 aromatic rings. The summed E-state index contributed by atoms with van der Waals surface area (Å²) in [7, 11) is 0. The Morgan fingerprint density at radius 2 is 2.24 bits per heavy atom. The van der Waals surface area contributed by atoms with Crippen LogP contribution >= 0.6 is 11.8 Å². The molecule has 1 unspecified atom stereocenters. The van der Waals surface area contributed by atoms with Gasteiger partial charge in [-0.3, -0.25) is 4.99 Å². The van der Waals surface area contributed by atoms with Gasteiger partial charge in [-0.1, -0.05) is 30.8 Å². The second-order valence-electron chi connectivity index (χ2n) is 4.58. The van der Waals surface area contributed by atoms with Gasteiger partial charge in [-0.25, -0.2) is 0 Å². The number of benzene rings is 1. The van der Waals surface area contributed by atoms with E-state index < -0.39 is 0 Å². The number of anilines is 1. The third-order valence-electron chi connectivity index (χ3n) is 3.10. The van der Waals surface area contributed by atoms with E-state index in [1.807, 2.05) is 11.8 Å². The molecule has 0 fully saturated rings. The van der Waals surface area contributed by atoms with Crippen LogP contribution in [0.3, 0.4) is 0 Å². The van der Waals surface area contributed by atoms with Gasteiger partial charge in [0.05, 0.1) is 6.04 Å². The van der Waals surface area contributed by atoms with Crippen LogP contribution in [0.4, 0.5) is 5.69 Å². The summed E-state index contributed by atoms with van der Waals surface area (Å²) in [5.41, 5.74) is 3.75. The van der Waals surface area contributed by atoms with Gasteiger partial charge in [-0.2, -0.15) is 0 Å². The molecule has 0 spiro atoms. The van der Waals surface area contributed by atoms with Crippen LogP contribution in [-0.4, -0.2) is 17.0 Å². The van der Waals surface area contributed by atoms with Crippen LogP contribution in [-0.2, 0) is 0 Å². The summed E-state index contributed by atoms with van der Waals surface area (Å²) >= 11 is 1.83. The maximum absolute atomic E-state index is 4.73. The fourth-order valence-corrected chi connectivity index (χ4v) is 2.90. The molecule has 1 aliphatic rings. The van der Waals surface area contributed by atoms with Crippen LogP contribution in [0.15, 0.2) is 23.2 Å². The Bertz CT molecular complexity index is 426. The summed E-state index contributed by atoms with van der Waals surface area (Å²) < 4.78 is 0. The van der Waals surface area contributed by atoms with Crippen LogP contribution in [0, 0.1) is 13.8 Å². The number of hydrogen-bond donors (Lipinski definition) is 1. The zero-order valence-electron chi connectivity index (χ0n) is 10.8. The molecule has 0 radical (unpaired) electrons. The van der Waals surface area contributed by atoms with Crippen LogP contribution in [0.25, 0.3) is 0 Å². The van der Waals surface area contributed by atoms with Crippen LogP contribution in [0.5, 0.6) is 0 Å². The molecule has 2 rings (SSSR count). The standard InChI is InChI=1S/C14H20N2S/c1-4-12-7-8-17-14(15-12)16-13-9-10(2)5-6-11(13)3/h5-6,9,12H,4,7-8H2,1-3H3,(H,15,16). The second-order valence-corrected chi connectivity index (χ2v) is 5.66. The molecular weight excluding hydrogens is 228 g/mol. The zero-order chi connectivity index (χ0) is 12.3. The fraction of sp³-hybridized carbons (Fsp3) is 0.500. The average molecular weight is 248 g/mol. The lowest BCUT2D eigenvalue weighted by atomic mass is 10.1. The monoisotopic (exact) mass is 248 g/mol. The normalized spacial score (nSPS) is 19.9. The molecule has 1 atom stereocenters. The molecule has 0 amide bonds. The average Bonchev–Trinajstić information content (AvgIpc) is 2.34. The minimum atomic E-state index is 0.504. The van der Waals surface area contributed by atoms with Crippen molar-refractivity contribution in [1.82, 2.24) is 0 Å². The number of nitrogens with zero attached hydrogens (tertiary/aromatic N) is 1. The molecule has 0 bridgehead atoms. The molecule has 1 aliphatic heterocycles. The maximum Gasteiger partial charge on any atom is 0.161 e. The third-order valence-corrected chi connectivity index (χ3v) is 4.02. The largest absolute Gasteiger partial charge is 0.335 e. The number of aliphatic imine (C=N–C) groups is 1. The lowest BCUT2D eigenvalue weighted by molar-refractivity contribution is 0.634. The molecule has 0 aliphatic carbocycles. The summed E-state index contributed by atoms with van der Waals surface area (Å²) in [4.78, 5) is 4.73. The van der Waals surface area contributed by atoms with Crippen molar-refractivity contribution in [3.05, 3.63) is 29.3 Å². The maximum atomic E-state index is 4.73. The highest BCUT2D eigenvalue weighted by molar-refractivity contribution is 8.14. The van der Waals surface area contributed by atoms with Gasteiger partial charge in [0.25, 0.3) is 0 Å². The van der Waals surface area contributed by atoms with Gasteiger partial charge in [0, 0.05) is 11.4 Å². The highest BCUT2D eigenvalue weighted by atomic mass is 32.2. The van der Waals surface area contributed by atoms with Gasteiger partial charge in [0.15, 0.2) is 5.17 Å². The minimum absolute atomic E-state index is 0.504. The molecule has 92 valence electrons. The van der Waals surface area contributed by atoms with Gasteiger partial charge in [-0.15, -0.1) is 0 Å². The Balaban J connectivity index is 2.15. The molecule has 1 aromatic carbocycles. The summed E-state index contributed by atoms with van der Waals surface area (Å²) in [6.07, 6.45) is 2.34. The molecule has 0 saturated heterocycles. The number of hydrogen-bond acceptors (Lipinski definition) is 3. The number of amidine groups is 1. The fourth-order valence-electron chi connectivity index (χ4n) is 1.91. The van der Waals surface area contributed by atoms with Crippen LogP contribution < -0.4 is 5.32 Å². The van der Waals surface area contributed by atoms with Crippen LogP contribution in [0.1, 0.15) is 30.9 Å². The molecule has 1 heterocycles. The molecular formula is C14H20N2S. The van der Waals surface area contributed by atoms with Crippen molar-refractivity contribution in [2.45, 2.75) is 39.7 Å². The predicted octanol–water partition coefficient (Wildman–Crippen LogP) is 3.99. The number of rotatable bonds is 2. The molecule has 0 aromatic heterocycles. The van der Waals surface area contributed by atoms with Crippen molar-refractivity contribution in [2.75, 3.05) is 11.1 Å². The summed E-state index contributed by atoms with van der Waals surface area (Å²) in [5.74, 6) is 1.18. The van der Waals surface area contributed by atoms with Crippen molar-refractivity contribution in [1.29, 1.82) is 0 Å². The van der Waals surface area contributed by atoms with Crippen molar-refractivity contribution in [3.63, 3.8) is 0 Å². The Morgan fingerprint density at radius 3 is 3.00 bits per heavy atom. The Kier molecular flexibility index (Phi) is 4.11. The topological polar surface area (TPSA) is 24.4 Å². The van der Waals surface area contributed by atoms with E-state index in [9.17, 15) is 0 Å². The van der Waals surface area contributed by atoms with Crippen molar-refractivity contribution in [3.8, 4) is 0 Å². The lowest BCUT2D eigenvalue weighted by Crippen LogP contribution is -2.19. The summed E-state index contributed by atoms with van der Waals surface area (Å²) in [6, 6.07) is 6.99. The number of aryl methyl sites for hydroxylation is 2. The van der Waals surface area contributed by atoms with Crippen molar-refractivity contribution in [2.24, 2.45) is 4.99 Å². The Hall–Kier alpha value is -0.960. The molecule has 1 N–H and O–H groups in total. The zero-order valence-corrected chi connectivity index (χ0v) is 11.6. The first-order valence-corrected chi connectivity index (χ1v) is 7.22. The quantitative estimate of drug-likeness (QED) is 0.856. The van der Waals surface area contributed by atoms with E-state index in [0.29, 0.717) is 6.04 Å². The second kappa shape index (κ2) is 5.58. The van der Waals surface area contributed by atoms with Gasteiger partial charge in [-0.05, 0) is 43.9 Å². The molecule has 3 heteroatoms. The first kappa shape index (κ1) is 12.5. The Labute approximate surface area is 108 Å². The number of nitrogens with one attached hydrogen (secondary N) is 1. The third kappa shape index (κ3) is 3.25. The molecule has 2 nitrogen and oxygen atoms in total.